The summed E-state index contributed by atoms with van der Waals surface area (Å²) >= 11 is 2.87. The lowest BCUT2D eigenvalue weighted by Gasteiger charge is -2.20. The topological polar surface area (TPSA) is 104 Å². The van der Waals surface area contributed by atoms with Gasteiger partial charge >= 0.3 is 5.97 Å². The summed E-state index contributed by atoms with van der Waals surface area (Å²) in [6, 6.07) is 7.90. The Balaban J connectivity index is 1.92. The van der Waals surface area contributed by atoms with E-state index in [0.29, 0.717) is 6.61 Å². The predicted octanol–water partition coefficient (Wildman–Crippen LogP) is 3.11. The van der Waals surface area contributed by atoms with Crippen molar-refractivity contribution in [3.63, 3.8) is 0 Å². The number of aliphatic hydroxyl groups excluding tert-OH is 2. The van der Waals surface area contributed by atoms with Crippen LogP contribution in [0.4, 0.5) is 0 Å². The second-order valence-corrected chi connectivity index (χ2v) is 10.1. The minimum atomic E-state index is -0.824. The van der Waals surface area contributed by atoms with Crippen molar-refractivity contribution in [1.82, 2.24) is 0 Å². The fourth-order valence-corrected chi connectivity index (χ4v) is 5.77. The maximum atomic E-state index is 12.3. The first-order chi connectivity index (χ1) is 14.8. The van der Waals surface area contributed by atoms with Gasteiger partial charge in [-0.2, -0.15) is 11.8 Å². The number of carboxylic acids is 1. The lowest BCUT2D eigenvalue weighted by Crippen LogP contribution is -2.22. The number of carboxylic acid groups (broad SMARTS) is 1. The van der Waals surface area contributed by atoms with E-state index in [1.165, 1.54) is 23.5 Å². The van der Waals surface area contributed by atoms with E-state index in [1.807, 2.05) is 31.2 Å². The highest BCUT2D eigenvalue weighted by Gasteiger charge is 2.40. The normalized spacial score (nSPS) is 23.4. The van der Waals surface area contributed by atoms with Crippen molar-refractivity contribution in [2.24, 2.45) is 5.92 Å². The number of thioether (sulfide) groups is 2. The summed E-state index contributed by atoms with van der Waals surface area (Å²) in [4.78, 5) is 22.9. The van der Waals surface area contributed by atoms with Crippen LogP contribution in [0.3, 0.4) is 0 Å². The molecule has 3 N–H and O–H groups in total. The van der Waals surface area contributed by atoms with Crippen LogP contribution in [0.1, 0.15) is 36.8 Å². The summed E-state index contributed by atoms with van der Waals surface area (Å²) in [5.41, 5.74) is 2.04. The number of aliphatic hydroxyl groups is 2. The average Bonchev–Trinajstić information content (AvgIpc) is 3.00. The quantitative estimate of drug-likeness (QED) is 0.300. The Labute approximate surface area is 192 Å². The first-order valence-corrected chi connectivity index (χ1v) is 12.6. The van der Waals surface area contributed by atoms with Crippen LogP contribution >= 0.6 is 23.5 Å². The highest BCUT2D eigenvalue weighted by atomic mass is 32.2. The molecule has 0 bridgehead atoms. The molecule has 1 aliphatic carbocycles. The molecule has 31 heavy (non-hydrogen) atoms. The van der Waals surface area contributed by atoms with Crippen molar-refractivity contribution < 1.29 is 29.6 Å². The van der Waals surface area contributed by atoms with Gasteiger partial charge in [-0.3, -0.25) is 9.59 Å². The minimum absolute atomic E-state index is 0.0279. The molecule has 1 aromatic rings. The standard InChI is InChI=1S/C23H32O6S2/c1-15(17-6-3-5-16(11-17)13-29-2)19(24)8-7-18-20(25)12-21(26)23(18)31-10-4-9-30-14-22(27)28/h3,5-8,11,15,18-20,23-25H,4,9-10,12-14H2,1-2H3,(H,27,28)/t15?,18-,19?,20?,23?/m0/s1. The van der Waals surface area contributed by atoms with Crippen molar-refractivity contribution in [2.75, 3.05) is 24.4 Å². The maximum absolute atomic E-state index is 12.3. The van der Waals surface area contributed by atoms with Gasteiger partial charge < -0.3 is 20.1 Å². The number of carbonyl (C=O) groups is 2. The molecule has 1 fully saturated rings. The van der Waals surface area contributed by atoms with E-state index in [9.17, 15) is 19.8 Å². The third kappa shape index (κ3) is 8.27. The van der Waals surface area contributed by atoms with Gasteiger partial charge in [0, 0.05) is 25.4 Å². The molecule has 0 aromatic heterocycles. The van der Waals surface area contributed by atoms with Crippen LogP contribution in [-0.4, -0.2) is 68.9 Å². The lowest BCUT2D eigenvalue weighted by atomic mass is 9.92. The van der Waals surface area contributed by atoms with E-state index in [0.717, 1.165) is 29.1 Å². The Morgan fingerprint density at radius 1 is 1.35 bits per heavy atom. The summed E-state index contributed by atoms with van der Waals surface area (Å²) in [5.74, 6) is 0.273. The zero-order valence-corrected chi connectivity index (χ0v) is 19.6. The van der Waals surface area contributed by atoms with Crippen LogP contribution < -0.4 is 0 Å². The molecule has 5 atom stereocenters. The van der Waals surface area contributed by atoms with Gasteiger partial charge in [0.15, 0.2) is 0 Å². The number of hydrogen-bond donors (Lipinski definition) is 3. The number of methoxy groups -OCH3 is 1. The molecule has 4 unspecified atom stereocenters. The molecule has 0 amide bonds. The molecule has 8 heteroatoms. The average molecular weight is 469 g/mol. The Kier molecular flexibility index (Phi) is 11.1. The van der Waals surface area contributed by atoms with Gasteiger partial charge in [0.25, 0.3) is 0 Å². The van der Waals surface area contributed by atoms with Crippen molar-refractivity contribution in [2.45, 2.75) is 49.7 Å². The van der Waals surface area contributed by atoms with E-state index in [-0.39, 0.29) is 35.0 Å². The fourth-order valence-electron chi connectivity index (χ4n) is 3.58. The second-order valence-electron chi connectivity index (χ2n) is 7.75. The van der Waals surface area contributed by atoms with Gasteiger partial charge in [-0.1, -0.05) is 43.3 Å². The van der Waals surface area contributed by atoms with E-state index < -0.39 is 18.2 Å². The van der Waals surface area contributed by atoms with Gasteiger partial charge in [-0.25, -0.2) is 0 Å². The van der Waals surface area contributed by atoms with Gasteiger partial charge in [0.1, 0.15) is 5.78 Å². The van der Waals surface area contributed by atoms with Crippen LogP contribution in [0.5, 0.6) is 0 Å². The number of aliphatic carboxylic acids is 1. The summed E-state index contributed by atoms with van der Waals surface area (Å²) < 4.78 is 5.17. The molecule has 6 nitrogen and oxygen atoms in total. The summed E-state index contributed by atoms with van der Waals surface area (Å²) in [6.07, 6.45) is 2.93. The molecule has 0 aliphatic heterocycles. The van der Waals surface area contributed by atoms with Crippen molar-refractivity contribution >= 4 is 35.3 Å². The Hall–Kier alpha value is -1.32. The summed E-state index contributed by atoms with van der Waals surface area (Å²) in [6.45, 7) is 2.45. The third-order valence-corrected chi connectivity index (χ3v) is 7.80. The number of rotatable bonds is 13. The molecule has 1 aromatic carbocycles. The van der Waals surface area contributed by atoms with E-state index >= 15 is 0 Å². The predicted molar refractivity (Wildman–Crippen MR) is 126 cm³/mol. The van der Waals surface area contributed by atoms with Crippen LogP contribution in [0, 0.1) is 5.92 Å². The Bertz CT molecular complexity index is 753. The molecule has 1 aliphatic rings. The second kappa shape index (κ2) is 13.3. The third-order valence-electron chi connectivity index (χ3n) is 5.31. The van der Waals surface area contributed by atoms with Crippen molar-refractivity contribution in [3.05, 3.63) is 47.5 Å². The molecule has 0 spiro atoms. The van der Waals surface area contributed by atoms with Gasteiger partial charge in [0.05, 0.1) is 29.8 Å². The Morgan fingerprint density at radius 2 is 2.13 bits per heavy atom. The molecule has 172 valence electrons. The molecular formula is C23H32O6S2. The SMILES string of the molecule is COCc1cccc(C(C)C(O)C=C[C@H]2C(O)CC(=O)C2SCCCSCC(=O)O)c1. The zero-order valence-electron chi connectivity index (χ0n) is 18.0. The number of Topliss-reactive ketones (excluding diaryl/α,β-unsaturated/α-hetero) is 1. The number of hydrogen-bond acceptors (Lipinski definition) is 7. The molecule has 1 saturated carbocycles. The smallest absolute Gasteiger partial charge is 0.313 e. The van der Waals surface area contributed by atoms with E-state index in [1.54, 1.807) is 19.3 Å². The number of ketones is 1. The largest absolute Gasteiger partial charge is 0.481 e. The van der Waals surface area contributed by atoms with Crippen LogP contribution in [0.25, 0.3) is 0 Å². The molecule has 0 saturated heterocycles. The number of benzene rings is 1. The summed E-state index contributed by atoms with van der Waals surface area (Å²) in [5, 5.41) is 29.3. The van der Waals surface area contributed by atoms with E-state index in [4.69, 9.17) is 9.84 Å². The van der Waals surface area contributed by atoms with E-state index in [2.05, 4.69) is 0 Å². The molecule has 2 rings (SSSR count). The Morgan fingerprint density at radius 3 is 2.84 bits per heavy atom. The van der Waals surface area contributed by atoms with Crippen LogP contribution in [0.15, 0.2) is 36.4 Å². The van der Waals surface area contributed by atoms with Crippen molar-refractivity contribution in [1.29, 1.82) is 0 Å². The van der Waals surface area contributed by atoms with Gasteiger partial charge in [-0.05, 0) is 29.1 Å². The molecule has 0 heterocycles. The highest BCUT2D eigenvalue weighted by Crippen LogP contribution is 2.35. The van der Waals surface area contributed by atoms with Crippen LogP contribution in [-0.2, 0) is 20.9 Å². The molecule has 0 radical (unpaired) electrons. The minimum Gasteiger partial charge on any atom is -0.481 e. The summed E-state index contributed by atoms with van der Waals surface area (Å²) in [7, 11) is 1.64. The van der Waals surface area contributed by atoms with Crippen LogP contribution in [0.2, 0.25) is 0 Å². The maximum Gasteiger partial charge on any atom is 0.313 e. The number of carbonyl (C=O) groups excluding carboxylic acids is 1. The highest BCUT2D eigenvalue weighted by molar-refractivity contribution is 8.01. The number of ether oxygens (including phenoxy) is 1. The van der Waals surface area contributed by atoms with Crippen molar-refractivity contribution in [3.8, 4) is 0 Å². The monoisotopic (exact) mass is 468 g/mol. The molecular weight excluding hydrogens is 436 g/mol. The van der Waals surface area contributed by atoms with Gasteiger partial charge in [0.2, 0.25) is 0 Å². The first kappa shape index (κ1) is 25.9. The fraction of sp³-hybridized carbons (Fsp3) is 0.565. The lowest BCUT2D eigenvalue weighted by molar-refractivity contribution is -0.133. The van der Waals surface area contributed by atoms with Gasteiger partial charge in [-0.15, -0.1) is 11.8 Å². The zero-order chi connectivity index (χ0) is 22.8. The first-order valence-electron chi connectivity index (χ1n) is 10.4.